The minimum absolute atomic E-state index is 0.109. The van der Waals surface area contributed by atoms with Crippen LogP contribution in [0.5, 0.6) is 5.75 Å². The Morgan fingerprint density at radius 3 is 2.32 bits per heavy atom. The third-order valence-corrected chi connectivity index (χ3v) is 5.51. The molecule has 5 nitrogen and oxygen atoms in total. The van der Waals surface area contributed by atoms with E-state index in [0.717, 1.165) is 16.7 Å². The molecule has 0 unspecified atom stereocenters. The number of aryl methyl sites for hydroxylation is 3. The number of benzene rings is 2. The SMILES string of the molecule is CC[C@@H](C(=O)NCC(C)C)N(Cc1ccccc1C)C(=O)COc1ccc(C)c(C)c1. The normalized spacial score (nSPS) is 11.8. The van der Waals surface area contributed by atoms with Gasteiger partial charge in [0.2, 0.25) is 5.91 Å². The van der Waals surface area contributed by atoms with Gasteiger partial charge >= 0.3 is 0 Å². The second kappa shape index (κ2) is 11.5. The van der Waals surface area contributed by atoms with E-state index < -0.39 is 6.04 Å². The summed E-state index contributed by atoms with van der Waals surface area (Å²) >= 11 is 0. The molecule has 0 saturated carbocycles. The average molecular weight is 425 g/mol. The molecule has 1 atom stereocenters. The number of nitrogens with one attached hydrogen (secondary N) is 1. The van der Waals surface area contributed by atoms with E-state index in [1.54, 1.807) is 4.90 Å². The molecule has 0 radical (unpaired) electrons. The van der Waals surface area contributed by atoms with Gasteiger partial charge in [-0.05, 0) is 67.5 Å². The molecule has 168 valence electrons. The predicted octanol–water partition coefficient (Wildman–Crippen LogP) is 4.57. The van der Waals surface area contributed by atoms with Crippen molar-refractivity contribution in [2.75, 3.05) is 13.2 Å². The van der Waals surface area contributed by atoms with Crippen molar-refractivity contribution < 1.29 is 14.3 Å². The number of nitrogens with zero attached hydrogens (tertiary/aromatic N) is 1. The van der Waals surface area contributed by atoms with Gasteiger partial charge in [0.25, 0.3) is 5.91 Å². The minimum Gasteiger partial charge on any atom is -0.484 e. The number of rotatable bonds is 10. The van der Waals surface area contributed by atoms with Gasteiger partial charge in [-0.25, -0.2) is 0 Å². The summed E-state index contributed by atoms with van der Waals surface area (Å²) in [5.41, 5.74) is 4.40. The molecule has 5 heteroatoms. The Kier molecular flexibility index (Phi) is 9.10. The van der Waals surface area contributed by atoms with E-state index in [9.17, 15) is 9.59 Å². The summed E-state index contributed by atoms with van der Waals surface area (Å²) in [6, 6.07) is 13.2. The van der Waals surface area contributed by atoms with Gasteiger partial charge in [0.15, 0.2) is 6.61 Å². The minimum atomic E-state index is -0.547. The molecule has 1 N–H and O–H groups in total. The molecule has 2 rings (SSSR count). The largest absolute Gasteiger partial charge is 0.484 e. The topological polar surface area (TPSA) is 58.6 Å². The van der Waals surface area contributed by atoms with E-state index in [1.807, 2.05) is 70.2 Å². The van der Waals surface area contributed by atoms with Crippen LogP contribution in [0.4, 0.5) is 0 Å². The molecule has 31 heavy (non-hydrogen) atoms. The molecule has 2 amide bonds. The maximum atomic E-state index is 13.2. The molecule has 0 aromatic heterocycles. The third-order valence-electron chi connectivity index (χ3n) is 5.51. The van der Waals surface area contributed by atoms with Crippen LogP contribution in [-0.2, 0) is 16.1 Å². The Morgan fingerprint density at radius 1 is 1.00 bits per heavy atom. The molecule has 0 bridgehead atoms. The van der Waals surface area contributed by atoms with Crippen LogP contribution in [0.2, 0.25) is 0 Å². The van der Waals surface area contributed by atoms with Crippen molar-refractivity contribution in [3.8, 4) is 5.75 Å². The molecule has 0 spiro atoms. The van der Waals surface area contributed by atoms with Crippen LogP contribution in [0.25, 0.3) is 0 Å². The van der Waals surface area contributed by atoms with Gasteiger partial charge in [-0.2, -0.15) is 0 Å². The van der Waals surface area contributed by atoms with Crippen molar-refractivity contribution in [2.45, 2.75) is 60.5 Å². The highest BCUT2D eigenvalue weighted by Gasteiger charge is 2.29. The van der Waals surface area contributed by atoms with Crippen LogP contribution in [-0.4, -0.2) is 35.9 Å². The van der Waals surface area contributed by atoms with Gasteiger partial charge in [0.1, 0.15) is 11.8 Å². The van der Waals surface area contributed by atoms with E-state index in [1.165, 1.54) is 5.56 Å². The van der Waals surface area contributed by atoms with Gasteiger partial charge < -0.3 is 15.0 Å². The van der Waals surface area contributed by atoms with Crippen LogP contribution >= 0.6 is 0 Å². The molecule has 0 aliphatic carbocycles. The number of hydrogen-bond donors (Lipinski definition) is 1. The Morgan fingerprint density at radius 2 is 1.71 bits per heavy atom. The van der Waals surface area contributed by atoms with E-state index in [2.05, 4.69) is 19.2 Å². The first kappa shape index (κ1) is 24.4. The Bertz CT molecular complexity index is 892. The molecule has 0 heterocycles. The summed E-state index contributed by atoms with van der Waals surface area (Å²) in [7, 11) is 0. The first-order valence-electron chi connectivity index (χ1n) is 11.0. The zero-order valence-corrected chi connectivity index (χ0v) is 19.7. The fourth-order valence-electron chi connectivity index (χ4n) is 3.34. The lowest BCUT2D eigenvalue weighted by Crippen LogP contribution is -2.50. The number of ether oxygens (including phenoxy) is 1. The van der Waals surface area contributed by atoms with E-state index in [0.29, 0.717) is 31.2 Å². The predicted molar refractivity (Wildman–Crippen MR) is 125 cm³/mol. The number of carbonyl (C=O) groups is 2. The Labute approximate surface area is 186 Å². The van der Waals surface area contributed by atoms with E-state index in [4.69, 9.17) is 4.74 Å². The quantitative estimate of drug-likeness (QED) is 0.608. The first-order valence-corrected chi connectivity index (χ1v) is 11.0. The van der Waals surface area contributed by atoms with Gasteiger partial charge in [0.05, 0.1) is 0 Å². The lowest BCUT2D eigenvalue weighted by atomic mass is 10.1. The van der Waals surface area contributed by atoms with Crippen molar-refractivity contribution in [2.24, 2.45) is 5.92 Å². The highest BCUT2D eigenvalue weighted by Crippen LogP contribution is 2.18. The van der Waals surface area contributed by atoms with Gasteiger partial charge in [0, 0.05) is 13.1 Å². The van der Waals surface area contributed by atoms with Crippen molar-refractivity contribution in [1.82, 2.24) is 10.2 Å². The molecule has 2 aromatic rings. The second-order valence-corrected chi connectivity index (χ2v) is 8.55. The van der Waals surface area contributed by atoms with Crippen molar-refractivity contribution in [3.63, 3.8) is 0 Å². The molecule has 0 aliphatic rings. The zero-order chi connectivity index (χ0) is 23.0. The van der Waals surface area contributed by atoms with Crippen LogP contribution in [0, 0.1) is 26.7 Å². The molecular formula is C26H36N2O3. The number of amides is 2. The number of hydrogen-bond acceptors (Lipinski definition) is 3. The maximum absolute atomic E-state index is 13.2. The Hall–Kier alpha value is -2.82. The average Bonchev–Trinajstić information content (AvgIpc) is 2.74. The summed E-state index contributed by atoms with van der Waals surface area (Å²) in [6.45, 7) is 12.9. The highest BCUT2D eigenvalue weighted by atomic mass is 16.5. The zero-order valence-electron chi connectivity index (χ0n) is 19.7. The van der Waals surface area contributed by atoms with E-state index >= 15 is 0 Å². The first-order chi connectivity index (χ1) is 14.7. The van der Waals surface area contributed by atoms with Gasteiger partial charge in [-0.3, -0.25) is 9.59 Å². The van der Waals surface area contributed by atoms with Crippen molar-refractivity contribution in [3.05, 3.63) is 64.7 Å². The van der Waals surface area contributed by atoms with Crippen LogP contribution in [0.15, 0.2) is 42.5 Å². The summed E-state index contributed by atoms with van der Waals surface area (Å²) < 4.78 is 5.80. The molecule has 0 aliphatic heterocycles. The summed E-state index contributed by atoms with van der Waals surface area (Å²) in [5.74, 6) is 0.678. The molecule has 0 saturated heterocycles. The summed E-state index contributed by atoms with van der Waals surface area (Å²) in [5, 5.41) is 2.98. The second-order valence-electron chi connectivity index (χ2n) is 8.55. The maximum Gasteiger partial charge on any atom is 0.261 e. The van der Waals surface area contributed by atoms with Crippen LogP contribution in [0.3, 0.4) is 0 Å². The third kappa shape index (κ3) is 7.12. The van der Waals surface area contributed by atoms with Crippen molar-refractivity contribution in [1.29, 1.82) is 0 Å². The Balaban J connectivity index is 2.22. The molecule has 0 fully saturated rings. The van der Waals surface area contributed by atoms with Gasteiger partial charge in [-0.1, -0.05) is 51.1 Å². The lowest BCUT2D eigenvalue weighted by molar-refractivity contribution is -0.143. The van der Waals surface area contributed by atoms with Crippen LogP contribution < -0.4 is 10.1 Å². The standard InChI is InChI=1S/C26H36N2O3/c1-7-24(26(30)27-15-18(2)3)28(16-22-11-9-8-10-20(22)5)25(29)17-31-23-13-12-19(4)21(6)14-23/h8-14,18,24H,7,15-17H2,1-6H3,(H,27,30)/t24-/m0/s1. The highest BCUT2D eigenvalue weighted by molar-refractivity contribution is 5.88. The molecule has 2 aromatic carbocycles. The lowest BCUT2D eigenvalue weighted by Gasteiger charge is -2.31. The monoisotopic (exact) mass is 424 g/mol. The fraction of sp³-hybridized carbons (Fsp3) is 0.462. The van der Waals surface area contributed by atoms with Gasteiger partial charge in [-0.15, -0.1) is 0 Å². The fourth-order valence-corrected chi connectivity index (χ4v) is 3.34. The summed E-state index contributed by atoms with van der Waals surface area (Å²) in [4.78, 5) is 27.8. The van der Waals surface area contributed by atoms with Crippen molar-refractivity contribution >= 4 is 11.8 Å². The summed E-state index contributed by atoms with van der Waals surface area (Å²) in [6.07, 6.45) is 0.533. The molecular weight excluding hydrogens is 388 g/mol. The van der Waals surface area contributed by atoms with E-state index in [-0.39, 0.29) is 18.4 Å². The van der Waals surface area contributed by atoms with Crippen LogP contribution in [0.1, 0.15) is 49.4 Å². The number of carbonyl (C=O) groups excluding carboxylic acids is 2. The smallest absolute Gasteiger partial charge is 0.261 e.